The monoisotopic (exact) mass is 184 g/mol. The molecule has 0 saturated carbocycles. The number of nitrogens with zero attached hydrogens (tertiary/aromatic N) is 1. The molecule has 6 nitrogen and oxygen atoms in total. The molecule has 0 spiro atoms. The van der Waals surface area contributed by atoms with E-state index in [1.807, 2.05) is 0 Å². The number of aromatic nitrogens is 2. The fourth-order valence-corrected chi connectivity index (χ4v) is 0.826. The normalized spacial score (nSPS) is 12.7. The van der Waals surface area contributed by atoms with Crippen LogP contribution in [0.3, 0.4) is 0 Å². The number of carbonyl (C=O) groups excluding carboxylic acids is 1. The van der Waals surface area contributed by atoms with Gasteiger partial charge in [0.25, 0.3) is 0 Å². The molecule has 1 atom stereocenters. The predicted molar refractivity (Wildman–Crippen MR) is 45.5 cm³/mol. The molecule has 0 radical (unpaired) electrons. The summed E-state index contributed by atoms with van der Waals surface area (Å²) in [5, 5.41) is 11.8. The second kappa shape index (κ2) is 4.58. The van der Waals surface area contributed by atoms with Crippen LogP contribution in [0, 0.1) is 0 Å². The van der Waals surface area contributed by atoms with Crippen molar-refractivity contribution in [1.29, 1.82) is 0 Å². The summed E-state index contributed by atoms with van der Waals surface area (Å²) in [6.45, 7) is 0.665. The van der Waals surface area contributed by atoms with Gasteiger partial charge in [-0.05, 0) is 0 Å². The van der Waals surface area contributed by atoms with Crippen LogP contribution >= 0.6 is 0 Å². The van der Waals surface area contributed by atoms with Gasteiger partial charge >= 0.3 is 0 Å². The summed E-state index contributed by atoms with van der Waals surface area (Å²) >= 11 is 0. The molecule has 72 valence electrons. The van der Waals surface area contributed by atoms with E-state index < -0.39 is 12.0 Å². The van der Waals surface area contributed by atoms with Crippen LogP contribution in [0.25, 0.3) is 0 Å². The molecule has 0 saturated heterocycles. The van der Waals surface area contributed by atoms with Crippen molar-refractivity contribution >= 4 is 5.91 Å². The van der Waals surface area contributed by atoms with Gasteiger partial charge < -0.3 is 21.1 Å². The van der Waals surface area contributed by atoms with Gasteiger partial charge in [0, 0.05) is 25.0 Å². The molecule has 1 amide bonds. The van der Waals surface area contributed by atoms with E-state index in [2.05, 4.69) is 15.3 Å². The Hall–Kier alpha value is -1.40. The molecule has 5 N–H and O–H groups in total. The van der Waals surface area contributed by atoms with Crippen molar-refractivity contribution in [3.05, 3.63) is 18.2 Å². The van der Waals surface area contributed by atoms with Crippen molar-refractivity contribution in [2.45, 2.75) is 12.6 Å². The lowest BCUT2D eigenvalue weighted by Gasteiger charge is -2.06. The van der Waals surface area contributed by atoms with Crippen molar-refractivity contribution in [3.8, 4) is 0 Å². The lowest BCUT2D eigenvalue weighted by Crippen LogP contribution is -2.37. The third-order valence-corrected chi connectivity index (χ3v) is 1.54. The lowest BCUT2D eigenvalue weighted by atomic mass is 10.3. The average molecular weight is 184 g/mol. The minimum absolute atomic E-state index is 0.147. The third-order valence-electron chi connectivity index (χ3n) is 1.54. The largest absolute Gasteiger partial charge is 0.382 e. The zero-order chi connectivity index (χ0) is 9.68. The SMILES string of the molecule is NC(=O)C(O)CNCc1cnc[nH]1. The van der Waals surface area contributed by atoms with Crippen LogP contribution in [0.2, 0.25) is 0 Å². The molecule has 0 aliphatic heterocycles. The Bertz CT molecular complexity index is 259. The molecule has 0 aliphatic rings. The van der Waals surface area contributed by atoms with E-state index >= 15 is 0 Å². The van der Waals surface area contributed by atoms with Crippen molar-refractivity contribution in [1.82, 2.24) is 15.3 Å². The minimum Gasteiger partial charge on any atom is -0.382 e. The molecule has 13 heavy (non-hydrogen) atoms. The maximum absolute atomic E-state index is 10.4. The van der Waals surface area contributed by atoms with E-state index in [4.69, 9.17) is 10.8 Å². The fourth-order valence-electron chi connectivity index (χ4n) is 0.826. The molecule has 6 heteroatoms. The first kappa shape index (κ1) is 9.69. The number of aliphatic hydroxyl groups excluding tert-OH is 1. The number of primary amides is 1. The van der Waals surface area contributed by atoms with E-state index in [-0.39, 0.29) is 6.54 Å². The number of rotatable bonds is 5. The van der Waals surface area contributed by atoms with Crippen LogP contribution in [-0.4, -0.2) is 33.6 Å². The third kappa shape index (κ3) is 3.22. The quantitative estimate of drug-likeness (QED) is 0.440. The molecule has 0 bridgehead atoms. The Balaban J connectivity index is 2.18. The van der Waals surface area contributed by atoms with Gasteiger partial charge in [-0.25, -0.2) is 4.98 Å². The maximum atomic E-state index is 10.4. The van der Waals surface area contributed by atoms with Crippen LogP contribution < -0.4 is 11.1 Å². The van der Waals surface area contributed by atoms with Gasteiger partial charge in [-0.1, -0.05) is 0 Å². The predicted octanol–water partition coefficient (Wildman–Crippen LogP) is -1.65. The zero-order valence-corrected chi connectivity index (χ0v) is 7.03. The Kier molecular flexibility index (Phi) is 3.41. The molecule has 1 aromatic rings. The highest BCUT2D eigenvalue weighted by molar-refractivity contribution is 5.78. The number of hydrogen-bond acceptors (Lipinski definition) is 4. The molecule has 0 fully saturated rings. The van der Waals surface area contributed by atoms with Crippen molar-refractivity contribution in [2.75, 3.05) is 6.54 Å². The summed E-state index contributed by atoms with van der Waals surface area (Å²) < 4.78 is 0. The summed E-state index contributed by atoms with van der Waals surface area (Å²) in [6.07, 6.45) is 2.08. The van der Waals surface area contributed by atoms with Crippen LogP contribution in [0.15, 0.2) is 12.5 Å². The Morgan fingerprint density at radius 2 is 2.62 bits per heavy atom. The van der Waals surface area contributed by atoms with Crippen molar-refractivity contribution in [3.63, 3.8) is 0 Å². The minimum atomic E-state index is -1.14. The first-order valence-electron chi connectivity index (χ1n) is 3.85. The molecule has 0 aliphatic carbocycles. The summed E-state index contributed by atoms with van der Waals surface area (Å²) in [5.74, 6) is -0.725. The van der Waals surface area contributed by atoms with Crippen LogP contribution in [0.4, 0.5) is 0 Å². The first-order chi connectivity index (χ1) is 6.20. The Labute approximate surface area is 75.2 Å². The van der Waals surface area contributed by atoms with Gasteiger partial charge in [0.15, 0.2) is 0 Å². The number of imidazole rings is 1. The highest BCUT2D eigenvalue weighted by Gasteiger charge is 2.09. The van der Waals surface area contributed by atoms with E-state index in [0.29, 0.717) is 6.54 Å². The fraction of sp³-hybridized carbons (Fsp3) is 0.429. The van der Waals surface area contributed by atoms with Gasteiger partial charge in [-0.2, -0.15) is 0 Å². The van der Waals surface area contributed by atoms with Gasteiger partial charge in [0.2, 0.25) is 5.91 Å². The second-order valence-corrected chi connectivity index (χ2v) is 2.63. The number of aromatic amines is 1. The zero-order valence-electron chi connectivity index (χ0n) is 7.03. The smallest absolute Gasteiger partial charge is 0.247 e. The summed E-state index contributed by atoms with van der Waals surface area (Å²) in [4.78, 5) is 17.1. The highest BCUT2D eigenvalue weighted by atomic mass is 16.3. The van der Waals surface area contributed by atoms with E-state index in [9.17, 15) is 4.79 Å². The number of amides is 1. The van der Waals surface area contributed by atoms with Gasteiger partial charge in [-0.15, -0.1) is 0 Å². The second-order valence-electron chi connectivity index (χ2n) is 2.63. The van der Waals surface area contributed by atoms with E-state index in [1.165, 1.54) is 0 Å². The Morgan fingerprint density at radius 3 is 3.15 bits per heavy atom. The van der Waals surface area contributed by atoms with Crippen molar-refractivity contribution < 1.29 is 9.90 Å². The van der Waals surface area contributed by atoms with Crippen LogP contribution in [0.5, 0.6) is 0 Å². The van der Waals surface area contributed by atoms with Crippen molar-refractivity contribution in [2.24, 2.45) is 5.73 Å². The average Bonchev–Trinajstić information content (AvgIpc) is 2.56. The first-order valence-corrected chi connectivity index (χ1v) is 3.85. The number of H-pyrrole nitrogens is 1. The standard InChI is InChI=1S/C7H12N4O2/c8-7(13)6(12)3-9-1-5-2-10-4-11-5/h2,4,6,9,12H,1,3H2,(H2,8,13)(H,10,11). The summed E-state index contributed by atoms with van der Waals surface area (Å²) in [5.41, 5.74) is 5.73. The molecular weight excluding hydrogens is 172 g/mol. The van der Waals surface area contributed by atoms with E-state index in [0.717, 1.165) is 5.69 Å². The van der Waals surface area contributed by atoms with Crippen LogP contribution in [0.1, 0.15) is 5.69 Å². The lowest BCUT2D eigenvalue weighted by molar-refractivity contribution is -0.125. The molecule has 1 unspecified atom stereocenters. The molecular formula is C7H12N4O2. The molecule has 1 heterocycles. The topological polar surface area (TPSA) is 104 Å². The maximum Gasteiger partial charge on any atom is 0.247 e. The van der Waals surface area contributed by atoms with E-state index in [1.54, 1.807) is 12.5 Å². The molecule has 1 rings (SSSR count). The number of nitrogens with one attached hydrogen (secondary N) is 2. The van der Waals surface area contributed by atoms with Crippen LogP contribution in [-0.2, 0) is 11.3 Å². The molecule has 1 aromatic heterocycles. The number of aliphatic hydroxyl groups is 1. The van der Waals surface area contributed by atoms with Gasteiger partial charge in [0.05, 0.1) is 6.33 Å². The van der Waals surface area contributed by atoms with Gasteiger partial charge in [-0.3, -0.25) is 4.79 Å². The number of hydrogen-bond donors (Lipinski definition) is 4. The number of nitrogens with two attached hydrogens (primary N) is 1. The Morgan fingerprint density at radius 1 is 1.85 bits per heavy atom. The highest BCUT2D eigenvalue weighted by Crippen LogP contribution is 1.89. The summed E-state index contributed by atoms with van der Waals surface area (Å²) in [7, 11) is 0. The summed E-state index contributed by atoms with van der Waals surface area (Å²) in [6, 6.07) is 0. The molecule has 0 aromatic carbocycles. The van der Waals surface area contributed by atoms with Gasteiger partial charge in [0.1, 0.15) is 6.10 Å². The number of carbonyl (C=O) groups is 1.